The Kier molecular flexibility index (Phi) is 6.46. The van der Waals surface area contributed by atoms with Gasteiger partial charge in [-0.3, -0.25) is 19.3 Å². The molecule has 3 rings (SSSR count). The molecule has 1 unspecified atom stereocenters. The molecule has 0 bridgehead atoms. The zero-order valence-electron chi connectivity index (χ0n) is 16.2. The van der Waals surface area contributed by atoms with Gasteiger partial charge in [0.15, 0.2) is 5.13 Å². The van der Waals surface area contributed by atoms with Crippen LogP contribution in [0.5, 0.6) is 0 Å². The van der Waals surface area contributed by atoms with E-state index in [4.69, 9.17) is 10.5 Å². The second-order valence-corrected chi connectivity index (χ2v) is 8.49. The molecule has 1 fully saturated rings. The molecular formula is C18H20N4O6S2. The Morgan fingerprint density at radius 3 is 2.77 bits per heavy atom. The molecule has 1 saturated heterocycles. The average molecular weight is 453 g/mol. The van der Waals surface area contributed by atoms with Gasteiger partial charge >= 0.3 is 11.9 Å². The number of ether oxygens (including phenoxy) is 1. The molecule has 2 aliphatic heterocycles. The van der Waals surface area contributed by atoms with Gasteiger partial charge in [-0.15, -0.1) is 23.1 Å². The summed E-state index contributed by atoms with van der Waals surface area (Å²) in [6, 6.07) is -0.872. The second kappa shape index (κ2) is 8.88. The van der Waals surface area contributed by atoms with Crippen LogP contribution in [0.3, 0.4) is 0 Å². The number of rotatable bonds is 7. The van der Waals surface area contributed by atoms with Gasteiger partial charge in [0.25, 0.3) is 11.8 Å². The lowest BCUT2D eigenvalue weighted by Crippen LogP contribution is -2.70. The molecule has 160 valence electrons. The molecule has 0 spiro atoms. The van der Waals surface area contributed by atoms with Crippen LogP contribution in [0.1, 0.15) is 26.0 Å². The van der Waals surface area contributed by atoms with Crippen molar-refractivity contribution in [1.29, 1.82) is 0 Å². The number of nitrogens with two attached hydrogens (primary N) is 1. The Hall–Kier alpha value is -2.86. The number of esters is 1. The van der Waals surface area contributed by atoms with E-state index < -0.39 is 35.2 Å². The zero-order valence-corrected chi connectivity index (χ0v) is 17.8. The molecule has 0 aromatic carbocycles. The maximum atomic E-state index is 12.8. The van der Waals surface area contributed by atoms with E-state index in [9.17, 15) is 24.3 Å². The predicted molar refractivity (Wildman–Crippen MR) is 111 cm³/mol. The molecule has 1 aromatic heterocycles. The van der Waals surface area contributed by atoms with Crippen molar-refractivity contribution in [2.24, 2.45) is 0 Å². The highest BCUT2D eigenvalue weighted by Gasteiger charge is 2.54. The fraction of sp³-hybridized carbons (Fsp3) is 0.389. The zero-order chi connectivity index (χ0) is 22.0. The van der Waals surface area contributed by atoms with E-state index in [0.717, 1.165) is 4.90 Å². The minimum Gasteiger partial charge on any atom is -0.477 e. The van der Waals surface area contributed by atoms with Crippen molar-refractivity contribution < 1.29 is 29.0 Å². The van der Waals surface area contributed by atoms with Gasteiger partial charge in [-0.1, -0.05) is 13.0 Å². The van der Waals surface area contributed by atoms with Crippen LogP contribution >= 0.6 is 23.1 Å². The monoisotopic (exact) mass is 452 g/mol. The number of carbonyl (C=O) groups is 4. The first-order valence-electron chi connectivity index (χ1n) is 9.00. The van der Waals surface area contributed by atoms with Gasteiger partial charge in [-0.25, -0.2) is 9.78 Å². The fourth-order valence-corrected chi connectivity index (χ4v) is 5.02. The van der Waals surface area contributed by atoms with Gasteiger partial charge < -0.3 is 20.9 Å². The number of amides is 2. The van der Waals surface area contributed by atoms with E-state index >= 15 is 0 Å². The van der Waals surface area contributed by atoms with Crippen LogP contribution in [0, 0.1) is 0 Å². The predicted octanol–water partition coefficient (Wildman–Crippen LogP) is 0.820. The van der Waals surface area contributed by atoms with Gasteiger partial charge in [0.1, 0.15) is 23.7 Å². The van der Waals surface area contributed by atoms with E-state index in [2.05, 4.69) is 10.3 Å². The van der Waals surface area contributed by atoms with E-state index in [0.29, 0.717) is 28.4 Å². The number of nitrogens with one attached hydrogen (secondary N) is 1. The number of nitrogens with zero attached hydrogens (tertiary/aromatic N) is 2. The molecule has 0 radical (unpaired) electrons. The number of allylic oxidation sites excluding steroid dienone is 1. The smallest absolute Gasteiger partial charge is 0.352 e. The molecule has 2 atom stereocenters. The summed E-state index contributed by atoms with van der Waals surface area (Å²) in [4.78, 5) is 53.5. The summed E-state index contributed by atoms with van der Waals surface area (Å²) in [5.41, 5.74) is 6.52. The number of nitrogen functional groups attached to an aromatic ring is 1. The Labute approximate surface area is 180 Å². The third-order valence-electron chi connectivity index (χ3n) is 4.44. The Balaban J connectivity index is 1.77. The molecule has 3 heterocycles. The number of aromatic nitrogens is 1. The number of β-lactam (4-membered cyclic amide) rings is 1. The van der Waals surface area contributed by atoms with Gasteiger partial charge in [-0.2, -0.15) is 0 Å². The van der Waals surface area contributed by atoms with Crippen LogP contribution in [0.2, 0.25) is 0 Å². The third-order valence-corrected chi connectivity index (χ3v) is 6.45. The molecule has 0 aliphatic carbocycles. The van der Waals surface area contributed by atoms with Crippen LogP contribution in [0.25, 0.3) is 5.57 Å². The van der Waals surface area contributed by atoms with E-state index in [1.165, 1.54) is 30.0 Å². The first-order valence-corrected chi connectivity index (χ1v) is 10.9. The van der Waals surface area contributed by atoms with E-state index in [1.807, 2.05) is 6.92 Å². The highest BCUT2D eigenvalue weighted by molar-refractivity contribution is 8.00. The summed E-state index contributed by atoms with van der Waals surface area (Å²) in [6.07, 6.45) is 2.27. The van der Waals surface area contributed by atoms with Crippen molar-refractivity contribution in [2.75, 3.05) is 18.1 Å². The largest absolute Gasteiger partial charge is 0.477 e. The minimum absolute atomic E-state index is 0.202. The number of aliphatic carboxylic acids is 1. The summed E-state index contributed by atoms with van der Waals surface area (Å²) < 4.78 is 4.90. The van der Waals surface area contributed by atoms with Crippen molar-refractivity contribution >= 4 is 57.6 Å². The Bertz CT molecular complexity index is 970. The van der Waals surface area contributed by atoms with Crippen molar-refractivity contribution in [3.05, 3.63) is 28.4 Å². The highest BCUT2D eigenvalue weighted by Crippen LogP contribution is 2.40. The van der Waals surface area contributed by atoms with Gasteiger partial charge in [0.2, 0.25) is 0 Å². The van der Waals surface area contributed by atoms with Crippen LogP contribution < -0.4 is 11.1 Å². The maximum absolute atomic E-state index is 12.8. The number of carbonyl (C=O) groups excluding carboxylic acids is 3. The average Bonchev–Trinajstić information content (AvgIpc) is 3.13. The number of carboxylic acid groups (broad SMARTS) is 1. The molecule has 1 aromatic rings. The number of thiazole rings is 1. The highest BCUT2D eigenvalue weighted by atomic mass is 32.2. The number of thioether (sulfide) groups is 1. The van der Waals surface area contributed by atoms with Crippen LogP contribution in [-0.2, 0) is 23.9 Å². The quantitative estimate of drug-likeness (QED) is 0.310. The van der Waals surface area contributed by atoms with Crippen LogP contribution in [-0.4, -0.2) is 62.5 Å². The number of anilines is 1. The summed E-state index contributed by atoms with van der Waals surface area (Å²) in [5, 5.41) is 13.7. The third kappa shape index (κ3) is 4.19. The lowest BCUT2D eigenvalue weighted by molar-refractivity contribution is -0.150. The molecule has 12 heteroatoms. The molecule has 10 nitrogen and oxygen atoms in total. The van der Waals surface area contributed by atoms with E-state index in [-0.39, 0.29) is 18.1 Å². The molecule has 0 saturated carbocycles. The second-order valence-electron chi connectivity index (χ2n) is 6.50. The van der Waals surface area contributed by atoms with E-state index in [1.54, 1.807) is 11.5 Å². The van der Waals surface area contributed by atoms with Crippen molar-refractivity contribution in [2.45, 2.75) is 31.7 Å². The van der Waals surface area contributed by atoms with Crippen molar-refractivity contribution in [1.82, 2.24) is 15.2 Å². The molecule has 30 heavy (non-hydrogen) atoms. The van der Waals surface area contributed by atoms with Gasteiger partial charge in [0, 0.05) is 23.6 Å². The molecule has 2 aliphatic rings. The molecule has 4 N–H and O–H groups in total. The lowest BCUT2D eigenvalue weighted by atomic mass is 10.0. The summed E-state index contributed by atoms with van der Waals surface area (Å²) >= 11 is 2.50. The number of hydrogen-bond acceptors (Lipinski definition) is 9. The Morgan fingerprint density at radius 1 is 1.47 bits per heavy atom. The first kappa shape index (κ1) is 21.8. The Morgan fingerprint density at radius 2 is 2.20 bits per heavy atom. The van der Waals surface area contributed by atoms with Crippen LogP contribution in [0.15, 0.2) is 22.7 Å². The summed E-state index contributed by atoms with van der Waals surface area (Å²) in [7, 11) is 0. The first-order chi connectivity index (χ1) is 14.2. The normalized spacial score (nSPS) is 21.1. The van der Waals surface area contributed by atoms with Crippen molar-refractivity contribution in [3.63, 3.8) is 0 Å². The lowest BCUT2D eigenvalue weighted by Gasteiger charge is -2.49. The SMILES string of the molecule is CCC=C(C(=O)NC1C(=O)N2C(C(=O)O)=C(COC(C)=O)CS[C@H]12)c1csc(N)n1. The molecular weight excluding hydrogens is 432 g/mol. The standard InChI is InChI=1S/C18H20N4O6S2/c1-3-4-10(11-7-30-18(19)20-11)14(24)21-12-15(25)22-13(17(26)27)9(5-28-8(2)23)6-29-16(12)22/h4,7,12,16H,3,5-6H2,1-2H3,(H2,19,20)(H,21,24)(H,26,27)/t12?,16-/m1/s1. The topological polar surface area (TPSA) is 152 Å². The van der Waals surface area contributed by atoms with Crippen molar-refractivity contribution in [3.8, 4) is 0 Å². The summed E-state index contributed by atoms with van der Waals surface area (Å²) in [6.45, 7) is 2.88. The number of hydrogen-bond donors (Lipinski definition) is 3. The maximum Gasteiger partial charge on any atom is 0.352 e. The molecule has 2 amide bonds. The summed E-state index contributed by atoms with van der Waals surface area (Å²) in [5.74, 6) is -2.59. The van der Waals surface area contributed by atoms with Gasteiger partial charge in [-0.05, 0) is 6.42 Å². The fourth-order valence-electron chi connectivity index (χ4n) is 3.13. The minimum atomic E-state index is -1.29. The van der Waals surface area contributed by atoms with Gasteiger partial charge in [0.05, 0.1) is 11.3 Å². The van der Waals surface area contributed by atoms with Crippen LogP contribution in [0.4, 0.5) is 5.13 Å². The number of fused-ring (bicyclic) bond motifs is 1. The number of carboxylic acids is 1.